The van der Waals surface area contributed by atoms with Crippen LogP contribution in [-0.4, -0.2) is 28.3 Å². The topological polar surface area (TPSA) is 54.4 Å². The zero-order valence-corrected chi connectivity index (χ0v) is 11.1. The van der Waals surface area contributed by atoms with Crippen molar-refractivity contribution in [3.05, 3.63) is 18.3 Å². The highest BCUT2D eigenvalue weighted by Gasteiger charge is 2.31. The summed E-state index contributed by atoms with van der Waals surface area (Å²) in [6, 6.07) is 3.75. The average molecular weight is 250 g/mol. The van der Waals surface area contributed by atoms with Crippen molar-refractivity contribution < 1.29 is 9.84 Å². The molecular weight excluding hydrogens is 228 g/mol. The Balaban J connectivity index is 2.00. The van der Waals surface area contributed by atoms with Crippen LogP contribution in [0, 0.1) is 0 Å². The predicted molar refractivity (Wildman–Crippen MR) is 71.9 cm³/mol. The number of ether oxygens (including phenoxy) is 1. The van der Waals surface area contributed by atoms with Crippen molar-refractivity contribution in [2.45, 2.75) is 51.2 Å². The lowest BCUT2D eigenvalue weighted by Gasteiger charge is -2.23. The third-order valence-electron chi connectivity index (χ3n) is 3.25. The summed E-state index contributed by atoms with van der Waals surface area (Å²) in [6.07, 6.45) is 5.80. The van der Waals surface area contributed by atoms with Crippen LogP contribution in [0.4, 0.5) is 5.82 Å². The van der Waals surface area contributed by atoms with Crippen molar-refractivity contribution in [2.24, 2.45) is 0 Å². The molecule has 0 atom stereocenters. The van der Waals surface area contributed by atoms with Gasteiger partial charge in [-0.3, -0.25) is 0 Å². The summed E-state index contributed by atoms with van der Waals surface area (Å²) in [5, 5.41) is 13.5. The first-order valence-corrected chi connectivity index (χ1v) is 6.67. The Labute approximate surface area is 108 Å². The smallest absolute Gasteiger partial charge is 0.168 e. The number of hydrogen-bond donors (Lipinski definition) is 2. The standard InChI is InChI=1S/C14H22N2O2/c1-11(2)18-12-6-5-9-15-13(12)16-10-14(17)7-3-4-8-14/h5-6,9,11,17H,3-4,7-8,10H2,1-2H3,(H,15,16). The van der Waals surface area contributed by atoms with Crippen LogP contribution >= 0.6 is 0 Å². The summed E-state index contributed by atoms with van der Waals surface area (Å²) >= 11 is 0. The summed E-state index contributed by atoms with van der Waals surface area (Å²) in [5.41, 5.74) is -0.577. The molecule has 1 aromatic rings. The molecule has 1 saturated carbocycles. The second-order valence-electron chi connectivity index (χ2n) is 5.30. The van der Waals surface area contributed by atoms with Gasteiger partial charge in [0.2, 0.25) is 0 Å². The van der Waals surface area contributed by atoms with Gasteiger partial charge >= 0.3 is 0 Å². The molecule has 0 radical (unpaired) electrons. The minimum atomic E-state index is -0.577. The van der Waals surface area contributed by atoms with Crippen LogP contribution in [0.25, 0.3) is 0 Å². The first-order valence-electron chi connectivity index (χ1n) is 6.67. The molecule has 0 saturated heterocycles. The molecule has 1 fully saturated rings. The Morgan fingerprint density at radius 1 is 1.44 bits per heavy atom. The number of nitrogens with one attached hydrogen (secondary N) is 1. The molecule has 4 heteroatoms. The molecule has 1 aliphatic carbocycles. The van der Waals surface area contributed by atoms with Crippen LogP contribution in [0.2, 0.25) is 0 Å². The lowest BCUT2D eigenvalue weighted by Crippen LogP contribution is -2.33. The molecule has 0 aliphatic heterocycles. The molecule has 0 bridgehead atoms. The normalized spacial score (nSPS) is 18.0. The Morgan fingerprint density at radius 2 is 2.17 bits per heavy atom. The minimum Gasteiger partial charge on any atom is -0.487 e. The van der Waals surface area contributed by atoms with Crippen molar-refractivity contribution in [3.63, 3.8) is 0 Å². The Kier molecular flexibility index (Phi) is 4.07. The Bertz CT molecular complexity index is 387. The van der Waals surface area contributed by atoms with Gasteiger partial charge in [0.05, 0.1) is 11.7 Å². The van der Waals surface area contributed by atoms with E-state index in [1.807, 2.05) is 26.0 Å². The fourth-order valence-corrected chi connectivity index (χ4v) is 2.33. The fraction of sp³-hybridized carbons (Fsp3) is 0.643. The van der Waals surface area contributed by atoms with E-state index in [4.69, 9.17) is 4.74 Å². The van der Waals surface area contributed by atoms with Gasteiger partial charge in [-0.1, -0.05) is 12.8 Å². The van der Waals surface area contributed by atoms with E-state index in [1.165, 1.54) is 0 Å². The van der Waals surface area contributed by atoms with Crippen LogP contribution in [0.3, 0.4) is 0 Å². The van der Waals surface area contributed by atoms with Gasteiger partial charge in [0.25, 0.3) is 0 Å². The molecule has 2 rings (SSSR count). The predicted octanol–water partition coefficient (Wildman–Crippen LogP) is 2.59. The Morgan fingerprint density at radius 3 is 2.83 bits per heavy atom. The molecular formula is C14H22N2O2. The maximum Gasteiger partial charge on any atom is 0.168 e. The summed E-state index contributed by atoms with van der Waals surface area (Å²) in [7, 11) is 0. The summed E-state index contributed by atoms with van der Waals surface area (Å²) in [6.45, 7) is 4.51. The van der Waals surface area contributed by atoms with Crippen LogP contribution in [0.15, 0.2) is 18.3 Å². The first-order chi connectivity index (χ1) is 8.59. The van der Waals surface area contributed by atoms with Gasteiger partial charge in [0.1, 0.15) is 0 Å². The number of aliphatic hydroxyl groups is 1. The third kappa shape index (κ3) is 3.35. The summed E-state index contributed by atoms with van der Waals surface area (Å²) in [5.74, 6) is 1.46. The monoisotopic (exact) mass is 250 g/mol. The zero-order valence-electron chi connectivity index (χ0n) is 11.1. The van der Waals surface area contributed by atoms with E-state index in [0.29, 0.717) is 12.4 Å². The lowest BCUT2D eigenvalue weighted by molar-refractivity contribution is 0.0613. The molecule has 1 aliphatic rings. The van der Waals surface area contributed by atoms with Crippen LogP contribution < -0.4 is 10.1 Å². The molecule has 100 valence electrons. The van der Waals surface area contributed by atoms with Gasteiger partial charge in [-0.05, 0) is 38.8 Å². The van der Waals surface area contributed by atoms with E-state index in [-0.39, 0.29) is 6.10 Å². The van der Waals surface area contributed by atoms with Gasteiger partial charge in [-0.15, -0.1) is 0 Å². The minimum absolute atomic E-state index is 0.115. The molecule has 1 aromatic heterocycles. The second kappa shape index (κ2) is 5.57. The number of rotatable bonds is 5. The number of nitrogens with zero attached hydrogens (tertiary/aromatic N) is 1. The molecule has 0 spiro atoms. The maximum atomic E-state index is 10.3. The van der Waals surface area contributed by atoms with E-state index >= 15 is 0 Å². The highest BCUT2D eigenvalue weighted by Crippen LogP contribution is 2.30. The van der Waals surface area contributed by atoms with Gasteiger partial charge in [0.15, 0.2) is 11.6 Å². The zero-order chi connectivity index (χ0) is 13.0. The lowest BCUT2D eigenvalue weighted by atomic mass is 10.0. The van der Waals surface area contributed by atoms with Crippen LogP contribution in [-0.2, 0) is 0 Å². The molecule has 18 heavy (non-hydrogen) atoms. The fourth-order valence-electron chi connectivity index (χ4n) is 2.33. The largest absolute Gasteiger partial charge is 0.487 e. The summed E-state index contributed by atoms with van der Waals surface area (Å²) < 4.78 is 5.69. The van der Waals surface area contributed by atoms with Crippen molar-refractivity contribution in [3.8, 4) is 5.75 Å². The van der Waals surface area contributed by atoms with E-state index in [1.54, 1.807) is 6.20 Å². The van der Waals surface area contributed by atoms with Gasteiger partial charge < -0.3 is 15.2 Å². The number of hydrogen-bond acceptors (Lipinski definition) is 4. The maximum absolute atomic E-state index is 10.3. The van der Waals surface area contributed by atoms with Gasteiger partial charge in [-0.25, -0.2) is 4.98 Å². The molecule has 4 nitrogen and oxygen atoms in total. The molecule has 0 aromatic carbocycles. The van der Waals surface area contributed by atoms with E-state index in [0.717, 1.165) is 31.4 Å². The first kappa shape index (κ1) is 13.1. The van der Waals surface area contributed by atoms with Crippen molar-refractivity contribution in [2.75, 3.05) is 11.9 Å². The van der Waals surface area contributed by atoms with Gasteiger partial charge in [-0.2, -0.15) is 0 Å². The quantitative estimate of drug-likeness (QED) is 0.843. The second-order valence-corrected chi connectivity index (χ2v) is 5.30. The SMILES string of the molecule is CC(C)Oc1cccnc1NCC1(O)CCCC1. The highest BCUT2D eigenvalue weighted by atomic mass is 16.5. The number of aromatic nitrogens is 1. The molecule has 2 N–H and O–H groups in total. The third-order valence-corrected chi connectivity index (χ3v) is 3.25. The van der Waals surface area contributed by atoms with Gasteiger partial charge in [0, 0.05) is 12.7 Å². The molecule has 1 heterocycles. The van der Waals surface area contributed by atoms with Crippen LogP contribution in [0.5, 0.6) is 5.75 Å². The van der Waals surface area contributed by atoms with E-state index in [9.17, 15) is 5.11 Å². The average Bonchev–Trinajstić information content (AvgIpc) is 2.75. The highest BCUT2D eigenvalue weighted by molar-refractivity contribution is 5.49. The number of pyridine rings is 1. The van der Waals surface area contributed by atoms with Crippen LogP contribution in [0.1, 0.15) is 39.5 Å². The van der Waals surface area contributed by atoms with Crippen molar-refractivity contribution >= 4 is 5.82 Å². The van der Waals surface area contributed by atoms with E-state index in [2.05, 4.69) is 10.3 Å². The molecule has 0 unspecified atom stereocenters. The number of anilines is 1. The Hall–Kier alpha value is -1.29. The van der Waals surface area contributed by atoms with E-state index < -0.39 is 5.60 Å². The summed E-state index contributed by atoms with van der Waals surface area (Å²) in [4.78, 5) is 4.28. The molecule has 0 amide bonds. The van der Waals surface area contributed by atoms with Crippen molar-refractivity contribution in [1.29, 1.82) is 0 Å². The van der Waals surface area contributed by atoms with Crippen molar-refractivity contribution in [1.82, 2.24) is 4.98 Å².